The predicted octanol–water partition coefficient (Wildman–Crippen LogP) is 1.34. The smallest absolute Gasteiger partial charge is 0.243 e. The first-order valence-electron chi connectivity index (χ1n) is 7.40. The summed E-state index contributed by atoms with van der Waals surface area (Å²) in [5, 5.41) is 2.78. The Bertz CT molecular complexity index is 568. The minimum atomic E-state index is -1.00. The highest BCUT2D eigenvalue weighted by atomic mass is 19.1. The number of nitrogens with one attached hydrogen (secondary N) is 1. The van der Waals surface area contributed by atoms with E-state index < -0.39 is 29.2 Å². The fourth-order valence-electron chi connectivity index (χ4n) is 3.07. The van der Waals surface area contributed by atoms with Crippen LogP contribution in [0.2, 0.25) is 0 Å². The summed E-state index contributed by atoms with van der Waals surface area (Å²) in [6, 6.07) is 5.34. The van der Waals surface area contributed by atoms with E-state index in [-0.39, 0.29) is 5.56 Å². The lowest BCUT2D eigenvalue weighted by atomic mass is 9.95. The molecule has 5 nitrogen and oxygen atoms in total. The second-order valence-electron chi connectivity index (χ2n) is 6.03. The van der Waals surface area contributed by atoms with Gasteiger partial charge in [-0.3, -0.25) is 14.5 Å². The van der Waals surface area contributed by atoms with Crippen molar-refractivity contribution in [2.75, 3.05) is 14.1 Å². The molecule has 0 saturated heterocycles. The van der Waals surface area contributed by atoms with Crippen molar-refractivity contribution in [3.05, 3.63) is 35.6 Å². The molecule has 1 unspecified atom stereocenters. The van der Waals surface area contributed by atoms with Crippen molar-refractivity contribution in [2.45, 2.75) is 37.3 Å². The Kier molecular flexibility index (Phi) is 4.81. The summed E-state index contributed by atoms with van der Waals surface area (Å²) in [7, 11) is 3.39. The van der Waals surface area contributed by atoms with E-state index in [4.69, 9.17) is 5.73 Å². The largest absolute Gasteiger partial charge is 0.368 e. The fourth-order valence-corrected chi connectivity index (χ4v) is 3.07. The number of amides is 2. The van der Waals surface area contributed by atoms with Crippen molar-refractivity contribution in [3.8, 4) is 0 Å². The van der Waals surface area contributed by atoms with Crippen LogP contribution in [0, 0.1) is 5.82 Å². The first-order chi connectivity index (χ1) is 10.4. The maximum atomic E-state index is 14.0. The fraction of sp³-hybridized carbons (Fsp3) is 0.500. The molecule has 0 radical (unpaired) electrons. The SMILES string of the molecule is CN(C)C(C(=O)NC1(C(N)=O)CCCC1)c1ccccc1F. The monoisotopic (exact) mass is 307 g/mol. The first kappa shape index (κ1) is 16.4. The molecule has 0 bridgehead atoms. The Morgan fingerprint density at radius 3 is 2.36 bits per heavy atom. The summed E-state index contributed by atoms with van der Waals surface area (Å²) in [6.07, 6.45) is 2.75. The minimum absolute atomic E-state index is 0.280. The zero-order valence-electron chi connectivity index (χ0n) is 12.9. The minimum Gasteiger partial charge on any atom is -0.368 e. The molecule has 0 spiro atoms. The van der Waals surface area contributed by atoms with Crippen molar-refractivity contribution >= 4 is 11.8 Å². The molecule has 1 aliphatic rings. The number of likely N-dealkylation sites (N-methyl/N-ethyl adjacent to an activating group) is 1. The van der Waals surface area contributed by atoms with Gasteiger partial charge >= 0.3 is 0 Å². The van der Waals surface area contributed by atoms with Gasteiger partial charge in [0.05, 0.1) is 0 Å². The molecule has 2 amide bonds. The average Bonchev–Trinajstić information content (AvgIpc) is 2.90. The van der Waals surface area contributed by atoms with Crippen LogP contribution in [-0.2, 0) is 9.59 Å². The zero-order valence-corrected chi connectivity index (χ0v) is 12.9. The van der Waals surface area contributed by atoms with Crippen LogP contribution in [0.4, 0.5) is 4.39 Å². The second kappa shape index (κ2) is 6.44. The molecule has 22 heavy (non-hydrogen) atoms. The lowest BCUT2D eigenvalue weighted by Gasteiger charge is -2.31. The van der Waals surface area contributed by atoms with Crippen LogP contribution in [0.5, 0.6) is 0 Å². The molecule has 1 aromatic carbocycles. The number of rotatable bonds is 5. The van der Waals surface area contributed by atoms with Crippen molar-refractivity contribution in [2.24, 2.45) is 5.73 Å². The predicted molar refractivity (Wildman–Crippen MR) is 81.4 cm³/mol. The summed E-state index contributed by atoms with van der Waals surface area (Å²) in [5.41, 5.74) is 4.76. The van der Waals surface area contributed by atoms with Crippen LogP contribution in [0.25, 0.3) is 0 Å². The number of carbonyl (C=O) groups excluding carboxylic acids is 2. The van der Waals surface area contributed by atoms with E-state index >= 15 is 0 Å². The Labute approximate surface area is 129 Å². The van der Waals surface area contributed by atoms with Crippen molar-refractivity contribution in [3.63, 3.8) is 0 Å². The third kappa shape index (κ3) is 3.11. The van der Waals surface area contributed by atoms with Gasteiger partial charge < -0.3 is 11.1 Å². The Morgan fingerprint density at radius 2 is 1.86 bits per heavy atom. The molecular weight excluding hydrogens is 285 g/mol. The molecule has 0 heterocycles. The number of primary amides is 1. The van der Waals surface area contributed by atoms with Crippen LogP contribution in [0.1, 0.15) is 37.3 Å². The highest BCUT2D eigenvalue weighted by molar-refractivity contribution is 5.92. The third-order valence-corrected chi connectivity index (χ3v) is 4.26. The maximum absolute atomic E-state index is 14.0. The van der Waals surface area contributed by atoms with Gasteiger partial charge in [-0.25, -0.2) is 4.39 Å². The topological polar surface area (TPSA) is 75.4 Å². The summed E-state index contributed by atoms with van der Waals surface area (Å²) in [4.78, 5) is 26.1. The van der Waals surface area contributed by atoms with E-state index in [1.807, 2.05) is 0 Å². The van der Waals surface area contributed by atoms with Gasteiger partial charge in [0.2, 0.25) is 11.8 Å². The van der Waals surface area contributed by atoms with Crippen molar-refractivity contribution in [1.82, 2.24) is 10.2 Å². The lowest BCUT2D eigenvalue weighted by Crippen LogP contribution is -2.57. The van der Waals surface area contributed by atoms with Crippen LogP contribution < -0.4 is 11.1 Å². The molecule has 1 atom stereocenters. The Balaban J connectivity index is 2.28. The normalized spacial score (nSPS) is 18.2. The molecule has 0 aliphatic heterocycles. The summed E-state index contributed by atoms with van der Waals surface area (Å²) < 4.78 is 14.0. The number of hydrogen-bond acceptors (Lipinski definition) is 3. The highest BCUT2D eigenvalue weighted by Gasteiger charge is 2.42. The van der Waals surface area contributed by atoms with Crippen LogP contribution in [-0.4, -0.2) is 36.3 Å². The van der Waals surface area contributed by atoms with Gasteiger partial charge in [-0.2, -0.15) is 0 Å². The number of hydrogen-bond donors (Lipinski definition) is 2. The van der Waals surface area contributed by atoms with E-state index in [1.165, 1.54) is 6.07 Å². The standard InChI is InChI=1S/C16H22FN3O2/c1-20(2)13(11-7-3-4-8-12(11)17)14(21)19-16(15(18)22)9-5-6-10-16/h3-4,7-8,13H,5-6,9-10H2,1-2H3,(H2,18,22)(H,19,21). The molecule has 6 heteroatoms. The zero-order chi connectivity index (χ0) is 16.3. The van der Waals surface area contributed by atoms with Gasteiger partial charge in [-0.1, -0.05) is 31.0 Å². The molecule has 2 rings (SSSR count). The maximum Gasteiger partial charge on any atom is 0.243 e. The van der Waals surface area contributed by atoms with Gasteiger partial charge in [0.1, 0.15) is 17.4 Å². The summed E-state index contributed by atoms with van der Waals surface area (Å²) >= 11 is 0. The molecule has 120 valence electrons. The van der Waals surface area contributed by atoms with Gasteiger partial charge in [-0.05, 0) is 33.0 Å². The number of nitrogens with two attached hydrogens (primary N) is 1. The number of benzene rings is 1. The first-order valence-corrected chi connectivity index (χ1v) is 7.40. The van der Waals surface area contributed by atoms with Gasteiger partial charge in [0.25, 0.3) is 0 Å². The molecule has 1 saturated carbocycles. The van der Waals surface area contributed by atoms with Gasteiger partial charge in [-0.15, -0.1) is 0 Å². The summed E-state index contributed by atoms with van der Waals surface area (Å²) in [6.45, 7) is 0. The Hall–Kier alpha value is -1.95. The molecular formula is C16H22FN3O2. The van der Waals surface area contributed by atoms with Crippen LogP contribution >= 0.6 is 0 Å². The van der Waals surface area contributed by atoms with E-state index in [2.05, 4.69) is 5.32 Å². The third-order valence-electron chi connectivity index (χ3n) is 4.26. The second-order valence-corrected chi connectivity index (χ2v) is 6.03. The summed E-state index contributed by atoms with van der Waals surface area (Å²) in [5.74, 6) is -1.38. The van der Waals surface area contributed by atoms with E-state index in [1.54, 1.807) is 37.2 Å². The molecule has 1 fully saturated rings. The lowest BCUT2D eigenvalue weighted by molar-refractivity contribution is -0.134. The molecule has 3 N–H and O–H groups in total. The van der Waals surface area contributed by atoms with E-state index in [0.29, 0.717) is 12.8 Å². The molecule has 1 aliphatic carbocycles. The molecule has 0 aromatic heterocycles. The number of nitrogens with zero attached hydrogens (tertiary/aromatic N) is 1. The number of carbonyl (C=O) groups is 2. The quantitative estimate of drug-likeness (QED) is 0.862. The van der Waals surface area contributed by atoms with Crippen LogP contribution in [0.3, 0.4) is 0 Å². The van der Waals surface area contributed by atoms with Gasteiger partial charge in [0, 0.05) is 5.56 Å². The van der Waals surface area contributed by atoms with E-state index in [0.717, 1.165) is 12.8 Å². The van der Waals surface area contributed by atoms with E-state index in [9.17, 15) is 14.0 Å². The van der Waals surface area contributed by atoms with Gasteiger partial charge in [0.15, 0.2) is 0 Å². The highest BCUT2D eigenvalue weighted by Crippen LogP contribution is 2.31. The van der Waals surface area contributed by atoms with Crippen molar-refractivity contribution < 1.29 is 14.0 Å². The number of halogens is 1. The Morgan fingerprint density at radius 1 is 1.27 bits per heavy atom. The van der Waals surface area contributed by atoms with Crippen LogP contribution in [0.15, 0.2) is 24.3 Å². The average molecular weight is 307 g/mol. The van der Waals surface area contributed by atoms with Crippen molar-refractivity contribution in [1.29, 1.82) is 0 Å². The molecule has 1 aromatic rings.